The highest BCUT2D eigenvalue weighted by atomic mass is 127. The Morgan fingerprint density at radius 2 is 1.82 bits per heavy atom. The Bertz CT molecular complexity index is 430. The molecule has 0 atom stereocenters. The van der Waals surface area contributed by atoms with E-state index in [9.17, 15) is 8.42 Å². The fourth-order valence-corrected chi connectivity index (χ4v) is 3.53. The van der Waals surface area contributed by atoms with Crippen LogP contribution in [0.4, 0.5) is 0 Å². The van der Waals surface area contributed by atoms with Crippen molar-refractivity contribution in [3.8, 4) is 0 Å². The molecular weight excluding hydrogens is 413 g/mol. The molecule has 1 rings (SSSR count). The highest BCUT2D eigenvalue weighted by Gasteiger charge is 2.23. The Kier molecular flexibility index (Phi) is 10.6. The molecule has 0 amide bonds. The van der Waals surface area contributed by atoms with Gasteiger partial charge in [-0.1, -0.05) is 13.8 Å². The van der Waals surface area contributed by atoms with Crippen molar-refractivity contribution in [2.45, 2.75) is 52.0 Å². The van der Waals surface area contributed by atoms with Gasteiger partial charge in [0.05, 0.1) is 5.75 Å². The number of rotatable bonds is 6. The number of aliphatic imine (C=N–C) groups is 1. The zero-order chi connectivity index (χ0) is 15.9. The van der Waals surface area contributed by atoms with Crippen molar-refractivity contribution < 1.29 is 8.42 Å². The molecule has 0 spiro atoms. The van der Waals surface area contributed by atoms with Crippen LogP contribution >= 0.6 is 24.0 Å². The Hall–Kier alpha value is -0.0500. The van der Waals surface area contributed by atoms with Gasteiger partial charge in [0.15, 0.2) is 5.96 Å². The Morgan fingerprint density at radius 3 is 2.27 bits per heavy atom. The lowest BCUT2D eigenvalue weighted by Gasteiger charge is -2.32. The topological polar surface area (TPSA) is 70.6 Å². The lowest BCUT2D eigenvalue weighted by Crippen LogP contribution is -2.45. The van der Waals surface area contributed by atoms with Gasteiger partial charge in [0.1, 0.15) is 9.84 Å². The van der Waals surface area contributed by atoms with Crippen molar-refractivity contribution in [1.82, 2.24) is 10.6 Å². The second-order valence-electron chi connectivity index (χ2n) is 6.48. The summed E-state index contributed by atoms with van der Waals surface area (Å²) in [5.41, 5.74) is 0. The Labute approximate surface area is 153 Å². The van der Waals surface area contributed by atoms with Gasteiger partial charge >= 0.3 is 0 Å². The number of hydrogen-bond acceptors (Lipinski definition) is 3. The van der Waals surface area contributed by atoms with E-state index in [1.807, 2.05) is 0 Å². The maximum Gasteiger partial charge on any atom is 0.191 e. The first-order valence-corrected chi connectivity index (χ1v) is 10.0. The van der Waals surface area contributed by atoms with Crippen molar-refractivity contribution in [2.75, 3.05) is 25.6 Å². The summed E-state index contributed by atoms with van der Waals surface area (Å²) in [4.78, 5) is 4.22. The minimum atomic E-state index is -2.87. The van der Waals surface area contributed by atoms with Crippen molar-refractivity contribution >= 4 is 39.8 Å². The molecule has 5 nitrogen and oxygen atoms in total. The molecule has 0 radical (unpaired) electrons. The molecule has 0 aromatic heterocycles. The standard InChI is InChI=1S/C15H31N3O2S.HI/c1-12(2)13-6-8-14(9-7-13)18-15(16-3)17-10-5-11-21(4,19)20;/h12-14H,5-11H2,1-4H3,(H2,16,17,18);1H. The van der Waals surface area contributed by atoms with Crippen LogP contribution in [0.2, 0.25) is 0 Å². The van der Waals surface area contributed by atoms with Gasteiger partial charge in [-0.05, 0) is 43.9 Å². The number of nitrogens with one attached hydrogen (secondary N) is 2. The molecule has 2 N–H and O–H groups in total. The first-order valence-electron chi connectivity index (χ1n) is 7.96. The van der Waals surface area contributed by atoms with E-state index in [1.54, 1.807) is 7.05 Å². The van der Waals surface area contributed by atoms with Gasteiger partial charge in [-0.3, -0.25) is 4.99 Å². The third-order valence-corrected chi connectivity index (χ3v) is 5.29. The minimum Gasteiger partial charge on any atom is -0.356 e. The van der Waals surface area contributed by atoms with Gasteiger partial charge < -0.3 is 10.6 Å². The number of halogens is 1. The van der Waals surface area contributed by atoms with Crippen molar-refractivity contribution in [1.29, 1.82) is 0 Å². The van der Waals surface area contributed by atoms with E-state index in [2.05, 4.69) is 29.5 Å². The van der Waals surface area contributed by atoms with Crippen LogP contribution < -0.4 is 10.6 Å². The fourth-order valence-electron chi connectivity index (χ4n) is 2.86. The summed E-state index contributed by atoms with van der Waals surface area (Å²) in [7, 11) is -1.12. The molecule has 0 aromatic rings. The van der Waals surface area contributed by atoms with Gasteiger partial charge in [0.2, 0.25) is 0 Å². The third kappa shape index (κ3) is 9.17. The van der Waals surface area contributed by atoms with Crippen LogP contribution in [0.15, 0.2) is 4.99 Å². The van der Waals surface area contributed by atoms with Crippen molar-refractivity contribution in [2.24, 2.45) is 16.8 Å². The van der Waals surface area contributed by atoms with Crippen LogP contribution in [-0.4, -0.2) is 46.0 Å². The van der Waals surface area contributed by atoms with E-state index in [0.29, 0.717) is 19.0 Å². The first-order chi connectivity index (χ1) is 9.81. The number of nitrogens with zero attached hydrogens (tertiary/aromatic N) is 1. The van der Waals surface area contributed by atoms with E-state index in [4.69, 9.17) is 0 Å². The van der Waals surface area contributed by atoms with E-state index in [1.165, 1.54) is 31.9 Å². The molecule has 0 heterocycles. The quantitative estimate of drug-likeness (QED) is 0.285. The average Bonchev–Trinajstić information content (AvgIpc) is 2.41. The second kappa shape index (κ2) is 10.7. The zero-order valence-electron chi connectivity index (χ0n) is 14.3. The van der Waals surface area contributed by atoms with Crippen LogP contribution in [0.3, 0.4) is 0 Å². The smallest absolute Gasteiger partial charge is 0.191 e. The highest BCUT2D eigenvalue weighted by Crippen LogP contribution is 2.29. The predicted molar refractivity (Wildman–Crippen MR) is 105 cm³/mol. The Morgan fingerprint density at radius 1 is 1.23 bits per heavy atom. The SMILES string of the molecule is CN=C(NCCCS(C)(=O)=O)NC1CCC(C(C)C)CC1.I. The molecule has 0 aromatic carbocycles. The number of hydrogen-bond donors (Lipinski definition) is 2. The first kappa shape index (κ1) is 21.9. The fraction of sp³-hybridized carbons (Fsp3) is 0.933. The van der Waals surface area contributed by atoms with Crippen LogP contribution in [-0.2, 0) is 9.84 Å². The summed E-state index contributed by atoms with van der Waals surface area (Å²) in [5, 5.41) is 6.65. The maximum atomic E-state index is 11.1. The van der Waals surface area contributed by atoms with E-state index >= 15 is 0 Å². The minimum absolute atomic E-state index is 0. The summed E-state index contributed by atoms with van der Waals surface area (Å²) in [6, 6.07) is 0.487. The van der Waals surface area contributed by atoms with Gasteiger partial charge in [-0.25, -0.2) is 8.42 Å². The van der Waals surface area contributed by atoms with Crippen LogP contribution in [0.1, 0.15) is 46.0 Å². The largest absolute Gasteiger partial charge is 0.356 e. The molecule has 0 unspecified atom stereocenters. The van der Waals surface area contributed by atoms with Gasteiger partial charge in [-0.15, -0.1) is 24.0 Å². The van der Waals surface area contributed by atoms with Crippen LogP contribution in [0.5, 0.6) is 0 Å². The monoisotopic (exact) mass is 445 g/mol. The lowest BCUT2D eigenvalue weighted by atomic mass is 9.80. The van der Waals surface area contributed by atoms with E-state index in [0.717, 1.165) is 17.8 Å². The molecule has 22 heavy (non-hydrogen) atoms. The lowest BCUT2D eigenvalue weighted by molar-refractivity contribution is 0.250. The summed E-state index contributed by atoms with van der Waals surface area (Å²) in [5.74, 6) is 2.64. The number of sulfone groups is 1. The zero-order valence-corrected chi connectivity index (χ0v) is 17.4. The summed E-state index contributed by atoms with van der Waals surface area (Å²) in [6.07, 6.45) is 6.81. The summed E-state index contributed by atoms with van der Waals surface area (Å²) >= 11 is 0. The summed E-state index contributed by atoms with van der Waals surface area (Å²) < 4.78 is 22.1. The maximum absolute atomic E-state index is 11.1. The molecule has 0 aliphatic heterocycles. The van der Waals surface area contributed by atoms with Gasteiger partial charge in [0, 0.05) is 25.9 Å². The molecule has 0 bridgehead atoms. The third-order valence-electron chi connectivity index (χ3n) is 4.26. The summed E-state index contributed by atoms with van der Waals surface area (Å²) in [6.45, 7) is 5.25. The second-order valence-corrected chi connectivity index (χ2v) is 8.74. The van der Waals surface area contributed by atoms with Crippen LogP contribution in [0, 0.1) is 11.8 Å². The van der Waals surface area contributed by atoms with Gasteiger partial charge in [0.25, 0.3) is 0 Å². The Balaban J connectivity index is 0.00000441. The van der Waals surface area contributed by atoms with E-state index < -0.39 is 9.84 Å². The van der Waals surface area contributed by atoms with Crippen molar-refractivity contribution in [3.05, 3.63) is 0 Å². The molecule has 7 heteroatoms. The van der Waals surface area contributed by atoms with Gasteiger partial charge in [-0.2, -0.15) is 0 Å². The molecule has 132 valence electrons. The highest BCUT2D eigenvalue weighted by molar-refractivity contribution is 14.0. The average molecular weight is 445 g/mol. The molecule has 1 aliphatic carbocycles. The predicted octanol–water partition coefficient (Wildman–Crippen LogP) is 2.42. The molecule has 1 saturated carbocycles. The number of guanidine groups is 1. The molecule has 0 saturated heterocycles. The molecular formula is C15H32IN3O2S. The van der Waals surface area contributed by atoms with Crippen LogP contribution in [0.25, 0.3) is 0 Å². The van der Waals surface area contributed by atoms with E-state index in [-0.39, 0.29) is 29.7 Å². The molecule has 1 aliphatic rings. The van der Waals surface area contributed by atoms with Crippen molar-refractivity contribution in [3.63, 3.8) is 0 Å². The normalized spacial score (nSPS) is 23.0. The molecule has 1 fully saturated rings.